The van der Waals surface area contributed by atoms with E-state index in [0.29, 0.717) is 18.4 Å². The molecule has 1 heterocycles. The molecule has 0 aliphatic carbocycles. The maximum Gasteiger partial charge on any atom is 0.416 e. The van der Waals surface area contributed by atoms with Crippen molar-refractivity contribution in [2.24, 2.45) is 5.73 Å². The summed E-state index contributed by atoms with van der Waals surface area (Å²) < 4.78 is 37.5. The lowest BCUT2D eigenvalue weighted by atomic mass is 10.1. The van der Waals surface area contributed by atoms with Gasteiger partial charge < -0.3 is 10.7 Å². The molecule has 0 saturated heterocycles. The largest absolute Gasteiger partial charge is 0.416 e. The van der Waals surface area contributed by atoms with E-state index in [9.17, 15) is 18.0 Å². The number of carbonyl (C=O) groups is 1. The highest BCUT2D eigenvalue weighted by molar-refractivity contribution is 5.70. The Kier molecular flexibility index (Phi) is 5.80. The van der Waals surface area contributed by atoms with E-state index in [2.05, 4.69) is 9.97 Å². The highest BCUT2D eigenvalue weighted by Crippen LogP contribution is 2.29. The quantitative estimate of drug-likeness (QED) is 0.599. The number of aromatic amines is 1. The zero-order chi connectivity index (χ0) is 17.6. The number of nitrogens with zero attached hydrogens (tertiary/aromatic N) is 2. The highest BCUT2D eigenvalue weighted by Gasteiger charge is 2.30. The van der Waals surface area contributed by atoms with Crippen LogP contribution in [0.25, 0.3) is 0 Å². The number of imidazole rings is 1. The fourth-order valence-electron chi connectivity index (χ4n) is 2.01. The predicted octanol–water partition coefficient (Wildman–Crippen LogP) is 2.87. The Morgan fingerprint density at radius 1 is 1.29 bits per heavy atom. The second kappa shape index (κ2) is 7.82. The molecule has 0 aliphatic heterocycles. The minimum absolute atomic E-state index is 0.0319. The van der Waals surface area contributed by atoms with Crippen LogP contribution in [0.5, 0.6) is 0 Å². The zero-order valence-electron chi connectivity index (χ0n) is 12.7. The lowest BCUT2D eigenvalue weighted by Crippen LogP contribution is -2.35. The third kappa shape index (κ3) is 5.27. The van der Waals surface area contributed by atoms with E-state index in [1.54, 1.807) is 12.5 Å². The number of carbonyl (C=O) groups excluding carboxylic acids is 1. The Balaban J connectivity index is 1.85. The van der Waals surface area contributed by atoms with Gasteiger partial charge in [0.2, 0.25) is 0 Å². The lowest BCUT2D eigenvalue weighted by molar-refractivity contribution is -0.137. The monoisotopic (exact) mass is 342 g/mol. The summed E-state index contributed by atoms with van der Waals surface area (Å²) in [4.78, 5) is 23.6. The Bertz CT molecular complexity index is 642. The molecule has 2 aromatic rings. The third-order valence-corrected chi connectivity index (χ3v) is 3.23. The lowest BCUT2D eigenvalue weighted by Gasteiger charge is -2.20. The molecule has 0 saturated carbocycles. The molecule has 2 amide bonds. The molecule has 2 rings (SSSR count). The van der Waals surface area contributed by atoms with Crippen LogP contribution in [0.4, 0.5) is 18.0 Å². The van der Waals surface area contributed by atoms with Crippen LogP contribution in [0.1, 0.15) is 23.2 Å². The first-order chi connectivity index (χ1) is 11.4. The van der Waals surface area contributed by atoms with Gasteiger partial charge in [0.15, 0.2) is 0 Å². The first-order valence-corrected chi connectivity index (χ1v) is 7.20. The number of primary amides is 1. The predicted molar refractivity (Wildman–Crippen MR) is 79.4 cm³/mol. The Morgan fingerprint density at radius 3 is 2.54 bits per heavy atom. The van der Waals surface area contributed by atoms with Gasteiger partial charge in [-0.15, -0.1) is 0 Å². The average molecular weight is 342 g/mol. The van der Waals surface area contributed by atoms with Crippen LogP contribution in [0.3, 0.4) is 0 Å². The first-order valence-electron chi connectivity index (χ1n) is 7.20. The number of benzene rings is 1. The zero-order valence-corrected chi connectivity index (χ0v) is 12.7. The van der Waals surface area contributed by atoms with Gasteiger partial charge in [-0.25, -0.2) is 9.78 Å². The van der Waals surface area contributed by atoms with Gasteiger partial charge >= 0.3 is 12.2 Å². The van der Waals surface area contributed by atoms with E-state index in [-0.39, 0.29) is 13.2 Å². The molecule has 6 nitrogen and oxygen atoms in total. The van der Waals surface area contributed by atoms with Gasteiger partial charge in [-0.05, 0) is 30.5 Å². The summed E-state index contributed by atoms with van der Waals surface area (Å²) in [6.45, 7) is 0.201. The van der Waals surface area contributed by atoms with Gasteiger partial charge in [-0.1, -0.05) is 12.1 Å². The van der Waals surface area contributed by atoms with Gasteiger partial charge in [0, 0.05) is 6.20 Å². The van der Waals surface area contributed by atoms with Crippen molar-refractivity contribution in [3.8, 4) is 0 Å². The van der Waals surface area contributed by atoms with E-state index in [1.807, 2.05) is 0 Å². The topological polar surface area (TPSA) is 84.2 Å². The highest BCUT2D eigenvalue weighted by atomic mass is 19.4. The smallest absolute Gasteiger partial charge is 0.351 e. The second-order valence-electron chi connectivity index (χ2n) is 5.07. The van der Waals surface area contributed by atoms with Crippen molar-refractivity contribution >= 4 is 6.03 Å². The van der Waals surface area contributed by atoms with Crippen LogP contribution in [0, 0.1) is 0 Å². The van der Waals surface area contributed by atoms with Gasteiger partial charge in [0.05, 0.1) is 30.7 Å². The Labute approximate surface area is 136 Å². The fraction of sp³-hybridized carbons (Fsp3) is 0.333. The molecule has 24 heavy (non-hydrogen) atoms. The number of hydrogen-bond acceptors (Lipinski definition) is 3. The van der Waals surface area contributed by atoms with Crippen molar-refractivity contribution in [1.82, 2.24) is 15.0 Å². The van der Waals surface area contributed by atoms with E-state index >= 15 is 0 Å². The second-order valence-corrected chi connectivity index (χ2v) is 5.07. The van der Waals surface area contributed by atoms with Crippen molar-refractivity contribution in [2.45, 2.75) is 25.6 Å². The molecule has 0 unspecified atom stereocenters. The average Bonchev–Trinajstić information content (AvgIpc) is 3.03. The molecular formula is C15H17F3N4O2. The number of aryl methyl sites for hydroxylation is 1. The molecule has 0 atom stereocenters. The number of aromatic nitrogens is 2. The summed E-state index contributed by atoms with van der Waals surface area (Å²) in [5.74, 6) is 0. The van der Waals surface area contributed by atoms with E-state index in [4.69, 9.17) is 10.6 Å². The van der Waals surface area contributed by atoms with Crippen molar-refractivity contribution in [1.29, 1.82) is 0 Å². The Hall–Kier alpha value is -2.55. The van der Waals surface area contributed by atoms with Crippen LogP contribution < -0.4 is 5.73 Å². The standard InChI is InChI=1S/C15H17F3N4O2/c16-15(17,18)12-5-3-11(4-6-12)9-22(14(19)23)24-7-1-2-13-8-20-10-21-13/h3-6,8,10H,1-2,7,9H2,(H2,19,23)(H,20,21). The summed E-state index contributed by atoms with van der Waals surface area (Å²) in [6.07, 6.45) is 0.202. The molecule has 0 fully saturated rings. The van der Waals surface area contributed by atoms with Crippen molar-refractivity contribution in [3.05, 3.63) is 53.6 Å². The molecule has 9 heteroatoms. The minimum atomic E-state index is -4.40. The van der Waals surface area contributed by atoms with Crippen LogP contribution in [0.15, 0.2) is 36.8 Å². The molecule has 0 aliphatic rings. The van der Waals surface area contributed by atoms with Crippen LogP contribution in [-0.4, -0.2) is 27.7 Å². The van der Waals surface area contributed by atoms with Crippen molar-refractivity contribution < 1.29 is 22.8 Å². The molecule has 0 radical (unpaired) electrons. The SMILES string of the molecule is NC(=O)N(Cc1ccc(C(F)(F)F)cc1)OCCCc1c[nH]cn1. The van der Waals surface area contributed by atoms with Crippen molar-refractivity contribution in [3.63, 3.8) is 0 Å². The van der Waals surface area contributed by atoms with Crippen molar-refractivity contribution in [2.75, 3.05) is 6.61 Å². The summed E-state index contributed by atoms with van der Waals surface area (Å²) in [6, 6.07) is 3.66. The van der Waals surface area contributed by atoms with Gasteiger partial charge in [-0.2, -0.15) is 18.2 Å². The molecule has 0 spiro atoms. The molecule has 1 aromatic heterocycles. The van der Waals surface area contributed by atoms with Gasteiger partial charge in [0.1, 0.15) is 0 Å². The maximum absolute atomic E-state index is 12.5. The minimum Gasteiger partial charge on any atom is -0.351 e. The summed E-state index contributed by atoms with van der Waals surface area (Å²) in [5.41, 5.74) is 5.82. The third-order valence-electron chi connectivity index (χ3n) is 3.23. The van der Waals surface area contributed by atoms with Gasteiger partial charge in [0.25, 0.3) is 0 Å². The summed E-state index contributed by atoms with van der Waals surface area (Å²) >= 11 is 0. The number of halogens is 3. The number of nitrogens with one attached hydrogen (secondary N) is 1. The molecule has 0 bridgehead atoms. The van der Waals surface area contributed by atoms with Crippen LogP contribution >= 0.6 is 0 Å². The first kappa shape index (κ1) is 17.8. The number of hydroxylamine groups is 2. The number of alkyl halides is 3. The molecular weight excluding hydrogens is 325 g/mol. The number of amides is 2. The normalized spacial score (nSPS) is 11.5. The number of H-pyrrole nitrogens is 1. The van der Waals surface area contributed by atoms with Crippen LogP contribution in [-0.2, 0) is 24.0 Å². The summed E-state index contributed by atoms with van der Waals surface area (Å²) in [5, 5.41) is 0.924. The van der Waals surface area contributed by atoms with E-state index < -0.39 is 17.8 Å². The van der Waals surface area contributed by atoms with E-state index in [1.165, 1.54) is 12.1 Å². The number of rotatable bonds is 7. The number of nitrogens with two attached hydrogens (primary N) is 1. The Morgan fingerprint density at radius 2 is 2.00 bits per heavy atom. The molecule has 1 aromatic carbocycles. The fourth-order valence-corrected chi connectivity index (χ4v) is 2.01. The number of hydrogen-bond donors (Lipinski definition) is 2. The molecule has 3 N–H and O–H groups in total. The number of urea groups is 1. The molecule has 130 valence electrons. The maximum atomic E-state index is 12.5. The van der Waals surface area contributed by atoms with E-state index in [0.717, 1.165) is 22.9 Å². The van der Waals surface area contributed by atoms with Gasteiger partial charge in [-0.3, -0.25) is 4.84 Å². The van der Waals surface area contributed by atoms with Crippen LogP contribution in [0.2, 0.25) is 0 Å². The summed E-state index contributed by atoms with van der Waals surface area (Å²) in [7, 11) is 0.